The third kappa shape index (κ3) is 4.86. The van der Waals surface area contributed by atoms with Crippen LogP contribution >= 0.6 is 0 Å². The summed E-state index contributed by atoms with van der Waals surface area (Å²) in [5.74, 6) is 0. The minimum atomic E-state index is -0.178. The molecule has 12 rings (SSSR count). The quantitative estimate of drug-likeness (QED) is 0.169. The van der Waals surface area contributed by atoms with E-state index in [-0.39, 0.29) is 5.41 Å². The van der Waals surface area contributed by atoms with Crippen LogP contribution in [0, 0.1) is 0 Å². The molecule has 0 unspecified atom stereocenters. The van der Waals surface area contributed by atoms with Crippen LogP contribution in [0.2, 0.25) is 0 Å². The number of aromatic nitrogens is 2. The third-order valence-corrected chi connectivity index (χ3v) is 12.5. The molecule has 0 fully saturated rings. The van der Waals surface area contributed by atoms with E-state index in [1.165, 1.54) is 49.7 Å². The highest BCUT2D eigenvalue weighted by Crippen LogP contribution is 2.51. The number of hydrogen-bond acceptors (Lipinski definition) is 3. The van der Waals surface area contributed by atoms with E-state index in [2.05, 4.69) is 184 Å². The second-order valence-corrected chi connectivity index (χ2v) is 16.1. The number of fused-ring (bicyclic) bond motifs is 12. The molecule has 0 spiro atoms. The Morgan fingerprint density at radius 1 is 0.397 bits per heavy atom. The van der Waals surface area contributed by atoms with Crippen molar-refractivity contribution in [3.63, 3.8) is 0 Å². The van der Waals surface area contributed by atoms with E-state index in [9.17, 15) is 0 Å². The Labute approximate surface area is 335 Å². The molecule has 58 heavy (non-hydrogen) atoms. The number of benzene rings is 9. The number of para-hydroxylation sites is 2. The minimum absolute atomic E-state index is 0.178. The van der Waals surface area contributed by atoms with Gasteiger partial charge in [0, 0.05) is 38.1 Å². The van der Waals surface area contributed by atoms with Gasteiger partial charge in [-0.2, -0.15) is 0 Å². The maximum Gasteiger partial charge on any atom is 0.143 e. The SMILES string of the molecule is CC1(C)c2cc(-c3cccc(-c4cccc(-c5cnc6c7ccccc7c7ccccc7c6n5)c4)c3)ccc2-c2ccc(-c3cccc4c3oc3ccccc34)cc21. The van der Waals surface area contributed by atoms with Gasteiger partial charge in [-0.1, -0.05) is 159 Å². The lowest BCUT2D eigenvalue weighted by molar-refractivity contribution is 0.660. The second kappa shape index (κ2) is 12.3. The normalized spacial score (nSPS) is 13.1. The lowest BCUT2D eigenvalue weighted by atomic mass is 9.80. The Morgan fingerprint density at radius 2 is 0.914 bits per heavy atom. The summed E-state index contributed by atoms with van der Waals surface area (Å²) in [5, 5.41) is 6.95. The lowest BCUT2D eigenvalue weighted by Gasteiger charge is -2.22. The standard InChI is InChI=1S/C55H36N2O/c1-55(2)48-30-36(24-26-42(48)43-27-25-37(31-49(43)55)39-21-11-22-47-44-18-7-8-23-51(44)58-54(39)47)34-13-9-12-33(28-34)35-14-10-15-38(29-35)50-32-56-52-45-19-5-3-16-40(45)41-17-4-6-20-46(41)53(52)57-50/h3-32H,1-2H3. The van der Waals surface area contributed by atoms with Gasteiger partial charge in [0.25, 0.3) is 0 Å². The molecule has 0 saturated heterocycles. The van der Waals surface area contributed by atoms with E-state index in [1.807, 2.05) is 12.3 Å². The predicted octanol–water partition coefficient (Wildman–Crippen LogP) is 14.8. The molecule has 272 valence electrons. The van der Waals surface area contributed by atoms with Gasteiger partial charge in [-0.05, 0) is 91.2 Å². The molecule has 0 amide bonds. The van der Waals surface area contributed by atoms with Crippen LogP contribution in [0.15, 0.2) is 187 Å². The molecule has 0 atom stereocenters. The fourth-order valence-corrected chi connectivity index (χ4v) is 9.56. The van der Waals surface area contributed by atoms with Crippen LogP contribution in [0.5, 0.6) is 0 Å². The van der Waals surface area contributed by atoms with Gasteiger partial charge in [0.2, 0.25) is 0 Å². The van der Waals surface area contributed by atoms with Crippen LogP contribution in [-0.2, 0) is 5.41 Å². The van der Waals surface area contributed by atoms with Crippen LogP contribution < -0.4 is 0 Å². The third-order valence-electron chi connectivity index (χ3n) is 12.5. The molecule has 0 aliphatic heterocycles. The molecule has 0 N–H and O–H groups in total. The van der Waals surface area contributed by atoms with E-state index in [1.54, 1.807) is 0 Å². The van der Waals surface area contributed by atoms with E-state index < -0.39 is 0 Å². The molecule has 2 aromatic heterocycles. The van der Waals surface area contributed by atoms with Crippen LogP contribution in [0.3, 0.4) is 0 Å². The van der Waals surface area contributed by atoms with Crippen molar-refractivity contribution in [3.8, 4) is 55.8 Å². The molecule has 3 nitrogen and oxygen atoms in total. The van der Waals surface area contributed by atoms with Gasteiger partial charge in [0.05, 0.1) is 22.9 Å². The van der Waals surface area contributed by atoms with Crippen molar-refractivity contribution in [1.29, 1.82) is 0 Å². The average molecular weight is 741 g/mol. The monoisotopic (exact) mass is 740 g/mol. The Morgan fingerprint density at radius 3 is 1.62 bits per heavy atom. The van der Waals surface area contributed by atoms with E-state index >= 15 is 0 Å². The molecule has 2 heterocycles. The molecule has 0 radical (unpaired) electrons. The summed E-state index contributed by atoms with van der Waals surface area (Å²) in [5.41, 5.74) is 17.8. The molecular weight excluding hydrogens is 705 g/mol. The van der Waals surface area contributed by atoms with Crippen molar-refractivity contribution < 1.29 is 4.42 Å². The van der Waals surface area contributed by atoms with Gasteiger partial charge in [-0.3, -0.25) is 4.98 Å². The first-order valence-electron chi connectivity index (χ1n) is 20.0. The first kappa shape index (κ1) is 32.8. The van der Waals surface area contributed by atoms with Gasteiger partial charge >= 0.3 is 0 Å². The van der Waals surface area contributed by atoms with Crippen LogP contribution in [0.1, 0.15) is 25.0 Å². The Hall–Kier alpha value is -7.36. The fraction of sp³-hybridized carbons (Fsp3) is 0.0545. The van der Waals surface area contributed by atoms with Crippen LogP contribution in [0.25, 0.3) is 110 Å². The molecule has 0 bridgehead atoms. The fourth-order valence-electron chi connectivity index (χ4n) is 9.56. The lowest BCUT2D eigenvalue weighted by Crippen LogP contribution is -2.15. The summed E-state index contributed by atoms with van der Waals surface area (Å²) < 4.78 is 6.44. The van der Waals surface area contributed by atoms with Gasteiger partial charge in [-0.25, -0.2) is 4.98 Å². The summed E-state index contributed by atoms with van der Waals surface area (Å²) in [6.45, 7) is 4.71. The molecule has 9 aromatic carbocycles. The number of furan rings is 1. The van der Waals surface area contributed by atoms with Gasteiger partial charge in [0.1, 0.15) is 11.2 Å². The Balaban J connectivity index is 0.892. The summed E-state index contributed by atoms with van der Waals surface area (Å²) in [4.78, 5) is 10.3. The van der Waals surface area contributed by atoms with Crippen LogP contribution in [0.4, 0.5) is 0 Å². The highest BCUT2D eigenvalue weighted by Gasteiger charge is 2.36. The number of nitrogens with zero attached hydrogens (tertiary/aromatic N) is 2. The zero-order valence-electron chi connectivity index (χ0n) is 32.1. The molecule has 1 aliphatic carbocycles. The zero-order chi connectivity index (χ0) is 38.5. The van der Waals surface area contributed by atoms with Crippen molar-refractivity contribution in [2.75, 3.05) is 0 Å². The minimum Gasteiger partial charge on any atom is -0.455 e. The van der Waals surface area contributed by atoms with Crippen molar-refractivity contribution >= 4 is 54.5 Å². The summed E-state index contributed by atoms with van der Waals surface area (Å²) >= 11 is 0. The largest absolute Gasteiger partial charge is 0.455 e. The molecule has 1 aliphatic rings. The first-order chi connectivity index (χ1) is 28.5. The van der Waals surface area contributed by atoms with Gasteiger partial charge in [-0.15, -0.1) is 0 Å². The van der Waals surface area contributed by atoms with E-state index in [4.69, 9.17) is 14.4 Å². The molecule has 3 heteroatoms. The predicted molar refractivity (Wildman–Crippen MR) is 241 cm³/mol. The summed E-state index contributed by atoms with van der Waals surface area (Å²) in [6, 6.07) is 63.3. The van der Waals surface area contributed by atoms with E-state index in [0.717, 1.165) is 71.7 Å². The highest BCUT2D eigenvalue weighted by molar-refractivity contribution is 6.23. The maximum atomic E-state index is 6.44. The Kier molecular flexibility index (Phi) is 6.98. The van der Waals surface area contributed by atoms with Gasteiger partial charge in [0.15, 0.2) is 0 Å². The maximum absolute atomic E-state index is 6.44. The zero-order valence-corrected chi connectivity index (χ0v) is 32.1. The number of rotatable bonds is 4. The highest BCUT2D eigenvalue weighted by atomic mass is 16.3. The van der Waals surface area contributed by atoms with Crippen molar-refractivity contribution in [3.05, 3.63) is 193 Å². The van der Waals surface area contributed by atoms with Gasteiger partial charge < -0.3 is 4.42 Å². The average Bonchev–Trinajstić information content (AvgIpc) is 3.78. The van der Waals surface area contributed by atoms with E-state index in [0.29, 0.717) is 0 Å². The first-order valence-corrected chi connectivity index (χ1v) is 20.0. The van der Waals surface area contributed by atoms with Crippen molar-refractivity contribution in [1.82, 2.24) is 9.97 Å². The van der Waals surface area contributed by atoms with Crippen LogP contribution in [-0.4, -0.2) is 9.97 Å². The second-order valence-electron chi connectivity index (χ2n) is 16.1. The topological polar surface area (TPSA) is 38.9 Å². The molecular formula is C55H36N2O. The summed E-state index contributed by atoms with van der Waals surface area (Å²) in [6.07, 6.45) is 1.92. The smallest absolute Gasteiger partial charge is 0.143 e. The summed E-state index contributed by atoms with van der Waals surface area (Å²) in [7, 11) is 0. The number of hydrogen-bond donors (Lipinski definition) is 0. The molecule has 0 saturated carbocycles. The molecule has 11 aromatic rings. The Bertz CT molecular complexity index is 3460. The van der Waals surface area contributed by atoms with Crippen molar-refractivity contribution in [2.45, 2.75) is 19.3 Å². The van der Waals surface area contributed by atoms with Crippen molar-refractivity contribution in [2.24, 2.45) is 0 Å².